The number of methoxy groups -OCH3 is 1. The van der Waals surface area contributed by atoms with E-state index in [1.165, 1.54) is 12.5 Å². The van der Waals surface area contributed by atoms with E-state index in [9.17, 15) is 50.8 Å². The summed E-state index contributed by atoms with van der Waals surface area (Å²) in [5.74, 6) is -0.417. The van der Waals surface area contributed by atoms with Crippen molar-refractivity contribution in [3.05, 3.63) is 11.6 Å². The third kappa shape index (κ3) is 7.81. The van der Waals surface area contributed by atoms with Gasteiger partial charge in [-0.15, -0.1) is 0 Å². The Morgan fingerprint density at radius 1 is 0.708 bits per heavy atom. The van der Waals surface area contributed by atoms with Crippen LogP contribution in [0.4, 0.5) is 0 Å². The Bertz CT molecular complexity index is 1780. The smallest absolute Gasteiger partial charge is 0.337 e. The molecule has 0 aromatic rings. The second-order valence-electron chi connectivity index (χ2n) is 23.3. The minimum atomic E-state index is -1.88. The molecule has 65 heavy (non-hydrogen) atoms. The van der Waals surface area contributed by atoms with Gasteiger partial charge in [0, 0.05) is 10.8 Å². The van der Waals surface area contributed by atoms with E-state index in [2.05, 4.69) is 47.6 Å². The monoisotopic (exact) mass is 927 g/mol. The predicted molar refractivity (Wildman–Crippen MR) is 229 cm³/mol. The van der Waals surface area contributed by atoms with Crippen LogP contribution in [-0.4, -0.2) is 170 Å². The van der Waals surface area contributed by atoms with Crippen LogP contribution in [0.1, 0.15) is 113 Å². The number of carbonyl (C=O) groups is 1. The van der Waals surface area contributed by atoms with Crippen LogP contribution in [0.25, 0.3) is 0 Å². The number of allylic oxidation sites excluding steroid dienone is 2. The highest BCUT2D eigenvalue weighted by Crippen LogP contribution is 2.76. The van der Waals surface area contributed by atoms with Crippen molar-refractivity contribution >= 4 is 5.97 Å². The normalized spacial score (nSPS) is 55.4. The summed E-state index contributed by atoms with van der Waals surface area (Å²) in [6, 6.07) is 0. The fourth-order valence-electron chi connectivity index (χ4n) is 14.9. The van der Waals surface area contributed by atoms with Crippen molar-refractivity contribution in [3.8, 4) is 0 Å². The van der Waals surface area contributed by atoms with E-state index in [1.807, 2.05) is 6.92 Å². The first-order valence-electron chi connectivity index (χ1n) is 24.0. The Labute approximate surface area is 382 Å². The molecule has 4 saturated carbocycles. The average molecular weight is 927 g/mol. The summed E-state index contributed by atoms with van der Waals surface area (Å²) in [6.45, 7) is 17.0. The van der Waals surface area contributed by atoms with Crippen LogP contribution in [-0.2, 0) is 38.0 Å². The lowest BCUT2D eigenvalue weighted by atomic mass is 9.33. The maximum absolute atomic E-state index is 13.0. The number of rotatable bonds is 8. The van der Waals surface area contributed by atoms with Gasteiger partial charge in [-0.3, -0.25) is 0 Å². The topological polar surface area (TPSA) is 264 Å². The first-order chi connectivity index (χ1) is 30.3. The molecule has 0 aromatic heterocycles. The van der Waals surface area contributed by atoms with Gasteiger partial charge in [0.15, 0.2) is 25.0 Å². The number of fused-ring (bicyclic) bond motifs is 7. The summed E-state index contributed by atoms with van der Waals surface area (Å²) < 4.78 is 41.5. The summed E-state index contributed by atoms with van der Waals surface area (Å²) in [7, 11) is 1.11. The standard InChI is InChI=1S/C48H78O17/c1-22-30(52)32(54)35(57)40(61-22)64-37-31(53)25(50)20-60-41(37)65-38-34(56)33(55)36(39(58)59-9)63-42(38)62-29-13-14-45(5)26(46(29,6)21-49)12-15-48(8)27(45)11-10-23-24-18-43(2,3)19-28(51)44(24,4)16-17-47(23,48)7/h10,22,24-38,40-42,49-57H,11-21H2,1-9H3/t22-,24-,25+,26+,27+,28+,29-,30-,31-,32+,33-,34-,35+,36-,37+,38+,40-,41-,42+,44+,45-,46+,47+,48+/m0/s1. The zero-order valence-electron chi connectivity index (χ0n) is 39.6. The van der Waals surface area contributed by atoms with Gasteiger partial charge >= 0.3 is 5.97 Å². The molecule has 7 fully saturated rings. The lowest BCUT2D eigenvalue weighted by Crippen LogP contribution is -2.68. The fraction of sp³-hybridized carbons (Fsp3) is 0.938. The van der Waals surface area contributed by atoms with Gasteiger partial charge < -0.3 is 79.1 Å². The number of esters is 1. The Balaban J connectivity index is 1.07. The number of aliphatic hydroxyl groups is 9. The van der Waals surface area contributed by atoms with Gasteiger partial charge in [-0.05, 0) is 104 Å². The van der Waals surface area contributed by atoms with E-state index in [0.29, 0.717) is 12.3 Å². The van der Waals surface area contributed by atoms with Crippen molar-refractivity contribution in [1.82, 2.24) is 0 Å². The second-order valence-corrected chi connectivity index (χ2v) is 23.3. The minimum Gasteiger partial charge on any atom is -0.467 e. The molecule has 8 aliphatic rings. The summed E-state index contributed by atoms with van der Waals surface area (Å²) in [5.41, 5.74) is 0.190. The molecule has 0 spiro atoms. The zero-order valence-corrected chi connectivity index (χ0v) is 39.6. The van der Waals surface area contributed by atoms with Crippen molar-refractivity contribution in [2.24, 2.45) is 50.2 Å². The van der Waals surface area contributed by atoms with Crippen molar-refractivity contribution in [1.29, 1.82) is 0 Å². The van der Waals surface area contributed by atoms with Gasteiger partial charge in [0.05, 0.1) is 38.6 Å². The van der Waals surface area contributed by atoms with Gasteiger partial charge in [-0.1, -0.05) is 60.1 Å². The molecule has 17 heteroatoms. The fourth-order valence-corrected chi connectivity index (χ4v) is 14.9. The molecule has 8 rings (SSSR count). The van der Waals surface area contributed by atoms with Crippen LogP contribution in [0.2, 0.25) is 0 Å². The molecule has 3 heterocycles. The Kier molecular flexibility index (Phi) is 13.4. The number of hydrogen-bond donors (Lipinski definition) is 9. The largest absolute Gasteiger partial charge is 0.467 e. The number of ether oxygens (including phenoxy) is 7. The van der Waals surface area contributed by atoms with Crippen LogP contribution in [0.15, 0.2) is 11.6 Å². The SMILES string of the molecule is COC(=O)[C@H]1O[C@@H](O[C@H]2CC[C@@]3(C)[C@@H](CC[C@]4(C)[C@@H]3CC=C3[C@@H]5CC(C)(C)C[C@@H](O)[C@]5(C)CC[C@]34C)[C@@]2(C)CO)[C@H](O[C@@H]2OC[C@@H](O)[C@H](O)[C@H]2O[C@@H]2O[C@@H](C)[C@H](O)[C@@H](O)[C@H]2O)[C@@H](O)[C@@H]1O. The lowest BCUT2D eigenvalue weighted by molar-refractivity contribution is -0.387. The van der Waals surface area contributed by atoms with E-state index >= 15 is 0 Å². The minimum absolute atomic E-state index is 0.0242. The van der Waals surface area contributed by atoms with Crippen molar-refractivity contribution in [2.45, 2.75) is 211 Å². The molecule has 0 radical (unpaired) electrons. The highest BCUT2D eigenvalue weighted by atomic mass is 16.8. The Hall–Kier alpha value is -1.39. The molecular formula is C48H78O17. The molecule has 0 bridgehead atoms. The van der Waals surface area contributed by atoms with Crippen LogP contribution < -0.4 is 0 Å². The Morgan fingerprint density at radius 2 is 1.38 bits per heavy atom. The summed E-state index contributed by atoms with van der Waals surface area (Å²) >= 11 is 0. The van der Waals surface area contributed by atoms with Crippen LogP contribution in [0.5, 0.6) is 0 Å². The highest BCUT2D eigenvalue weighted by Gasteiger charge is 2.70. The second kappa shape index (κ2) is 17.5. The van der Waals surface area contributed by atoms with Gasteiger partial charge in [0.2, 0.25) is 0 Å². The van der Waals surface area contributed by atoms with E-state index in [4.69, 9.17) is 33.2 Å². The van der Waals surface area contributed by atoms with Gasteiger partial charge in [0.25, 0.3) is 0 Å². The number of aliphatic hydroxyl groups excluding tert-OH is 9. The predicted octanol–water partition coefficient (Wildman–Crippen LogP) is 1.43. The molecule has 3 saturated heterocycles. The molecule has 0 aromatic carbocycles. The Morgan fingerprint density at radius 3 is 2.06 bits per heavy atom. The van der Waals surface area contributed by atoms with Crippen molar-refractivity contribution < 1.29 is 83.9 Å². The highest BCUT2D eigenvalue weighted by molar-refractivity contribution is 5.75. The quantitative estimate of drug-likeness (QED) is 0.0948. The first kappa shape index (κ1) is 50.0. The maximum atomic E-state index is 13.0. The van der Waals surface area contributed by atoms with Crippen LogP contribution in [0, 0.1) is 50.2 Å². The molecule has 9 N–H and O–H groups in total. The van der Waals surface area contributed by atoms with Gasteiger partial charge in [-0.25, -0.2) is 4.79 Å². The number of hydrogen-bond acceptors (Lipinski definition) is 17. The molecule has 24 atom stereocenters. The van der Waals surface area contributed by atoms with Crippen LogP contribution >= 0.6 is 0 Å². The van der Waals surface area contributed by atoms with E-state index in [-0.39, 0.29) is 51.6 Å². The zero-order chi connectivity index (χ0) is 47.6. The van der Waals surface area contributed by atoms with Gasteiger partial charge in [-0.2, -0.15) is 0 Å². The molecule has 372 valence electrons. The van der Waals surface area contributed by atoms with Crippen molar-refractivity contribution in [2.75, 3.05) is 20.3 Å². The maximum Gasteiger partial charge on any atom is 0.337 e. The molecule has 5 aliphatic carbocycles. The first-order valence-corrected chi connectivity index (χ1v) is 24.0. The molecule has 3 aliphatic heterocycles. The van der Waals surface area contributed by atoms with E-state index < -0.39 is 110 Å². The third-order valence-corrected chi connectivity index (χ3v) is 19.3. The van der Waals surface area contributed by atoms with Crippen LogP contribution in [0.3, 0.4) is 0 Å². The van der Waals surface area contributed by atoms with Gasteiger partial charge in [0.1, 0.15) is 54.9 Å². The van der Waals surface area contributed by atoms with E-state index in [0.717, 1.165) is 58.5 Å². The lowest BCUT2D eigenvalue weighted by Gasteiger charge is -2.72. The number of carbonyl (C=O) groups excluding carboxylic acids is 1. The molecule has 17 nitrogen and oxygen atoms in total. The molecule has 0 amide bonds. The summed E-state index contributed by atoms with van der Waals surface area (Å²) in [5, 5.41) is 99.4. The third-order valence-electron chi connectivity index (χ3n) is 19.3. The summed E-state index contributed by atoms with van der Waals surface area (Å²) in [6.07, 6.45) is -13.6. The molecular weight excluding hydrogens is 849 g/mol. The summed E-state index contributed by atoms with van der Waals surface area (Å²) in [4.78, 5) is 13.0. The average Bonchev–Trinajstić information content (AvgIpc) is 3.25. The molecule has 0 unspecified atom stereocenters. The van der Waals surface area contributed by atoms with Crippen molar-refractivity contribution in [3.63, 3.8) is 0 Å². The van der Waals surface area contributed by atoms with E-state index in [1.54, 1.807) is 0 Å².